The second kappa shape index (κ2) is 8.96. The zero-order valence-electron chi connectivity index (χ0n) is 15.5. The van der Waals surface area contributed by atoms with Gasteiger partial charge in [0.15, 0.2) is 0 Å². The van der Waals surface area contributed by atoms with Crippen molar-refractivity contribution < 1.29 is 14.6 Å². The molecule has 0 fully saturated rings. The molecule has 0 aliphatic carbocycles. The molecule has 0 saturated carbocycles. The first-order chi connectivity index (χ1) is 12.4. The number of nitrogens with one attached hydrogen (secondary N) is 1. The molecule has 0 spiro atoms. The summed E-state index contributed by atoms with van der Waals surface area (Å²) in [6, 6.07) is 15.0. The topological polar surface area (TPSA) is 58.6 Å². The molecule has 2 aromatic rings. The molecule has 2 N–H and O–H groups in total. The second-order valence-electron chi connectivity index (χ2n) is 7.02. The molecule has 136 valence electrons. The lowest BCUT2D eigenvalue weighted by Gasteiger charge is -2.19. The molecular formula is C22H25NO3. The summed E-state index contributed by atoms with van der Waals surface area (Å²) < 4.78 is 5.13. The molecule has 0 radical (unpaired) electrons. The first kappa shape index (κ1) is 19.4. The van der Waals surface area contributed by atoms with Gasteiger partial charge in [0.25, 0.3) is 0 Å². The quantitative estimate of drug-likeness (QED) is 0.636. The van der Waals surface area contributed by atoms with Crippen molar-refractivity contribution in [3.8, 4) is 17.6 Å². The first-order valence-corrected chi connectivity index (χ1v) is 8.63. The third kappa shape index (κ3) is 6.18. The van der Waals surface area contributed by atoms with E-state index >= 15 is 0 Å². The number of hydrogen-bond acceptors (Lipinski definition) is 3. The summed E-state index contributed by atoms with van der Waals surface area (Å²) in [5, 5.41) is 12.6. The lowest BCUT2D eigenvalue weighted by Crippen LogP contribution is -2.24. The Kier molecular flexibility index (Phi) is 6.68. The molecule has 0 unspecified atom stereocenters. The van der Waals surface area contributed by atoms with Crippen molar-refractivity contribution in [2.24, 2.45) is 0 Å². The summed E-state index contributed by atoms with van der Waals surface area (Å²) in [5.41, 5.74) is 2.65. The number of alkyl carbamates (subject to hydrolysis) is 1. The average molecular weight is 351 g/mol. The molecule has 0 heterocycles. The highest BCUT2D eigenvalue weighted by Gasteiger charge is 2.14. The van der Waals surface area contributed by atoms with Gasteiger partial charge in [0.2, 0.25) is 0 Å². The van der Waals surface area contributed by atoms with E-state index in [1.165, 1.54) is 0 Å². The zero-order chi connectivity index (χ0) is 19.0. The Balaban J connectivity index is 1.79. The summed E-state index contributed by atoms with van der Waals surface area (Å²) in [6.45, 7) is 6.97. The van der Waals surface area contributed by atoms with E-state index in [9.17, 15) is 9.90 Å². The van der Waals surface area contributed by atoms with Crippen molar-refractivity contribution in [3.63, 3.8) is 0 Å². The van der Waals surface area contributed by atoms with Gasteiger partial charge in [-0.25, -0.2) is 4.79 Å². The van der Waals surface area contributed by atoms with Gasteiger partial charge in [-0.15, -0.1) is 0 Å². The maximum absolute atomic E-state index is 11.6. The summed E-state index contributed by atoms with van der Waals surface area (Å²) >= 11 is 0. The molecule has 0 bridgehead atoms. The van der Waals surface area contributed by atoms with Gasteiger partial charge < -0.3 is 15.2 Å². The van der Waals surface area contributed by atoms with Crippen LogP contribution in [0.25, 0.3) is 0 Å². The fourth-order valence-corrected chi connectivity index (χ4v) is 2.26. The molecule has 26 heavy (non-hydrogen) atoms. The summed E-state index contributed by atoms with van der Waals surface area (Å²) in [7, 11) is 0. The van der Waals surface area contributed by atoms with Crippen LogP contribution in [-0.2, 0) is 16.8 Å². The predicted molar refractivity (Wildman–Crippen MR) is 103 cm³/mol. The van der Waals surface area contributed by atoms with Crippen molar-refractivity contribution in [3.05, 3.63) is 65.2 Å². The molecule has 0 saturated heterocycles. The minimum absolute atomic E-state index is 0.00576. The van der Waals surface area contributed by atoms with E-state index in [-0.39, 0.29) is 17.8 Å². The number of ether oxygens (including phenoxy) is 1. The molecule has 2 rings (SSSR count). The number of carbonyl (C=O) groups is 1. The van der Waals surface area contributed by atoms with E-state index in [2.05, 4.69) is 37.9 Å². The van der Waals surface area contributed by atoms with Crippen LogP contribution in [0.5, 0.6) is 5.75 Å². The normalized spacial score (nSPS) is 10.6. The Morgan fingerprint density at radius 3 is 2.58 bits per heavy atom. The lowest BCUT2D eigenvalue weighted by atomic mass is 9.86. The van der Waals surface area contributed by atoms with E-state index < -0.39 is 6.09 Å². The van der Waals surface area contributed by atoms with Gasteiger partial charge >= 0.3 is 6.09 Å². The number of benzene rings is 2. The molecule has 2 aromatic carbocycles. The summed E-state index contributed by atoms with van der Waals surface area (Å²) in [5.74, 6) is 6.10. The van der Waals surface area contributed by atoms with Crippen LogP contribution in [0.15, 0.2) is 48.5 Å². The highest BCUT2D eigenvalue weighted by Crippen LogP contribution is 2.26. The van der Waals surface area contributed by atoms with E-state index in [1.54, 1.807) is 6.07 Å². The summed E-state index contributed by atoms with van der Waals surface area (Å²) in [4.78, 5) is 11.6. The third-order valence-corrected chi connectivity index (χ3v) is 3.82. The van der Waals surface area contributed by atoms with Gasteiger partial charge in [-0.1, -0.05) is 69.0 Å². The van der Waals surface area contributed by atoms with Crippen LogP contribution < -0.4 is 5.32 Å². The first-order valence-electron chi connectivity index (χ1n) is 8.63. The average Bonchev–Trinajstić information content (AvgIpc) is 2.61. The molecule has 4 nitrogen and oxygen atoms in total. The molecule has 0 atom stereocenters. The molecule has 4 heteroatoms. The standard InChI is InChI=1S/C22H25NO3/c1-22(2,3)19-12-13-20(24)18(15-19)11-7-8-14-23-21(25)26-16-17-9-5-4-6-10-17/h4-6,9-10,12-13,15,24H,8,14,16H2,1-3H3,(H,23,25). The van der Waals surface area contributed by atoms with Gasteiger partial charge in [0.1, 0.15) is 12.4 Å². The van der Waals surface area contributed by atoms with Crippen LogP contribution in [0.1, 0.15) is 43.9 Å². The van der Waals surface area contributed by atoms with Crippen LogP contribution in [0, 0.1) is 11.8 Å². The van der Waals surface area contributed by atoms with Crippen LogP contribution in [-0.4, -0.2) is 17.7 Å². The Morgan fingerprint density at radius 2 is 1.88 bits per heavy atom. The number of rotatable bonds is 4. The second-order valence-corrected chi connectivity index (χ2v) is 7.02. The minimum Gasteiger partial charge on any atom is -0.507 e. The van der Waals surface area contributed by atoms with Crippen molar-refractivity contribution in [1.29, 1.82) is 0 Å². The Bertz CT molecular complexity index is 796. The monoisotopic (exact) mass is 351 g/mol. The maximum Gasteiger partial charge on any atom is 0.407 e. The van der Waals surface area contributed by atoms with Crippen molar-refractivity contribution in [2.75, 3.05) is 6.54 Å². The van der Waals surface area contributed by atoms with E-state index in [1.807, 2.05) is 42.5 Å². The number of phenolic OH excluding ortho intramolecular Hbond substituents is 1. The van der Waals surface area contributed by atoms with Crippen LogP contribution in [0.4, 0.5) is 4.79 Å². The number of amides is 1. The Labute approximate surface area is 155 Å². The van der Waals surface area contributed by atoms with Crippen LogP contribution in [0.3, 0.4) is 0 Å². The van der Waals surface area contributed by atoms with Gasteiger partial charge in [-0.3, -0.25) is 0 Å². The number of phenols is 1. The third-order valence-electron chi connectivity index (χ3n) is 3.82. The van der Waals surface area contributed by atoms with E-state index in [0.717, 1.165) is 11.1 Å². The fourth-order valence-electron chi connectivity index (χ4n) is 2.26. The highest BCUT2D eigenvalue weighted by atomic mass is 16.5. The number of hydrogen-bond donors (Lipinski definition) is 2. The molecule has 0 aromatic heterocycles. The van der Waals surface area contributed by atoms with Crippen molar-refractivity contribution >= 4 is 6.09 Å². The van der Waals surface area contributed by atoms with Gasteiger partial charge in [0, 0.05) is 13.0 Å². The molecule has 0 aliphatic rings. The van der Waals surface area contributed by atoms with E-state index in [0.29, 0.717) is 18.5 Å². The SMILES string of the molecule is CC(C)(C)c1ccc(O)c(C#CCCNC(=O)OCc2ccccc2)c1. The number of carbonyl (C=O) groups excluding carboxylic acids is 1. The van der Waals surface area contributed by atoms with Gasteiger partial charge in [-0.05, 0) is 28.7 Å². The van der Waals surface area contributed by atoms with Gasteiger partial charge in [0.05, 0.1) is 5.56 Å². The van der Waals surface area contributed by atoms with E-state index in [4.69, 9.17) is 4.74 Å². The van der Waals surface area contributed by atoms with Crippen molar-refractivity contribution in [1.82, 2.24) is 5.32 Å². The Hall–Kier alpha value is -2.93. The highest BCUT2D eigenvalue weighted by molar-refractivity contribution is 5.67. The van der Waals surface area contributed by atoms with Gasteiger partial charge in [-0.2, -0.15) is 0 Å². The largest absolute Gasteiger partial charge is 0.507 e. The molecule has 1 amide bonds. The summed E-state index contributed by atoms with van der Waals surface area (Å²) in [6.07, 6.45) is 0.00725. The number of aromatic hydroxyl groups is 1. The smallest absolute Gasteiger partial charge is 0.407 e. The predicted octanol–water partition coefficient (Wildman–Crippen LogP) is 4.36. The maximum atomic E-state index is 11.6. The Morgan fingerprint density at radius 1 is 1.15 bits per heavy atom. The van der Waals surface area contributed by atoms with Crippen LogP contribution in [0.2, 0.25) is 0 Å². The molecular weight excluding hydrogens is 326 g/mol. The van der Waals surface area contributed by atoms with Crippen molar-refractivity contribution in [2.45, 2.75) is 39.2 Å². The lowest BCUT2D eigenvalue weighted by molar-refractivity contribution is 0.140. The minimum atomic E-state index is -0.465. The molecule has 0 aliphatic heterocycles. The van der Waals surface area contributed by atoms with Crippen LogP contribution >= 0.6 is 0 Å². The fraction of sp³-hybridized carbons (Fsp3) is 0.318. The zero-order valence-corrected chi connectivity index (χ0v) is 15.5.